The van der Waals surface area contributed by atoms with Gasteiger partial charge in [-0.3, -0.25) is 9.59 Å². The fraction of sp³-hybridized carbons (Fsp3) is 0.385. The first-order valence-corrected chi connectivity index (χ1v) is 11.4. The molecule has 0 spiro atoms. The number of benzene rings is 2. The molecule has 7 heteroatoms. The molecule has 2 heterocycles. The monoisotopic (exact) mass is 445 g/mol. The molecule has 2 aromatic carbocycles. The van der Waals surface area contributed by atoms with Crippen LogP contribution in [0.1, 0.15) is 57.9 Å². The number of piperidine rings is 1. The maximum atomic E-state index is 13.1. The lowest BCUT2D eigenvalue weighted by atomic mass is 9.91. The van der Waals surface area contributed by atoms with E-state index >= 15 is 0 Å². The molecule has 172 valence electrons. The van der Waals surface area contributed by atoms with Crippen LogP contribution in [0.5, 0.6) is 0 Å². The van der Waals surface area contributed by atoms with Crippen molar-refractivity contribution in [3.05, 3.63) is 70.5 Å². The fourth-order valence-electron chi connectivity index (χ4n) is 4.63. The zero-order chi connectivity index (χ0) is 23.7. The number of aryl methyl sites for hydroxylation is 2. The third-order valence-electron chi connectivity index (χ3n) is 6.24. The SMILES string of the molecule is Cc1cccc(-n2nnc(C(=O)Nc3cc(C(=O)N4CC(C)CC(C)C4)ccc3C)c2C)c1. The molecule has 1 saturated heterocycles. The number of rotatable bonds is 4. The third-order valence-corrected chi connectivity index (χ3v) is 6.24. The molecule has 2 atom stereocenters. The second-order valence-corrected chi connectivity index (χ2v) is 9.41. The largest absolute Gasteiger partial charge is 0.338 e. The summed E-state index contributed by atoms with van der Waals surface area (Å²) in [6.07, 6.45) is 1.14. The second kappa shape index (κ2) is 9.17. The van der Waals surface area contributed by atoms with E-state index in [1.165, 1.54) is 0 Å². The summed E-state index contributed by atoms with van der Waals surface area (Å²) in [4.78, 5) is 28.1. The van der Waals surface area contributed by atoms with E-state index in [4.69, 9.17) is 0 Å². The van der Waals surface area contributed by atoms with Crippen molar-refractivity contribution >= 4 is 17.5 Å². The van der Waals surface area contributed by atoms with Crippen molar-refractivity contribution in [2.45, 2.75) is 41.0 Å². The first-order valence-electron chi connectivity index (χ1n) is 11.4. The predicted octanol–water partition coefficient (Wildman–Crippen LogP) is 4.56. The normalized spacial score (nSPS) is 18.3. The van der Waals surface area contributed by atoms with Gasteiger partial charge in [-0.1, -0.05) is 37.3 Å². The van der Waals surface area contributed by atoms with Crippen LogP contribution in [0.25, 0.3) is 5.69 Å². The van der Waals surface area contributed by atoms with E-state index < -0.39 is 0 Å². The fourth-order valence-corrected chi connectivity index (χ4v) is 4.63. The average molecular weight is 446 g/mol. The first-order chi connectivity index (χ1) is 15.7. The summed E-state index contributed by atoms with van der Waals surface area (Å²) in [5.41, 5.74) is 4.93. The van der Waals surface area contributed by atoms with Gasteiger partial charge >= 0.3 is 0 Å². The molecule has 0 radical (unpaired) electrons. The van der Waals surface area contributed by atoms with Crippen LogP contribution in [0.15, 0.2) is 42.5 Å². The minimum Gasteiger partial charge on any atom is -0.338 e. The summed E-state index contributed by atoms with van der Waals surface area (Å²) in [6, 6.07) is 13.3. The van der Waals surface area contributed by atoms with Gasteiger partial charge in [0, 0.05) is 24.3 Å². The molecule has 4 rings (SSSR count). The highest BCUT2D eigenvalue weighted by Crippen LogP contribution is 2.25. The highest BCUT2D eigenvalue weighted by atomic mass is 16.2. The Morgan fingerprint density at radius 2 is 1.73 bits per heavy atom. The van der Waals surface area contributed by atoms with Crippen LogP contribution in [-0.2, 0) is 0 Å². The molecule has 3 aromatic rings. The Bertz CT molecular complexity index is 1190. The lowest BCUT2D eigenvalue weighted by Gasteiger charge is -2.35. The van der Waals surface area contributed by atoms with E-state index in [1.54, 1.807) is 10.7 Å². The van der Waals surface area contributed by atoms with Gasteiger partial charge in [0.15, 0.2) is 5.69 Å². The van der Waals surface area contributed by atoms with Crippen LogP contribution in [0.2, 0.25) is 0 Å². The van der Waals surface area contributed by atoms with Crippen molar-refractivity contribution in [2.75, 3.05) is 18.4 Å². The average Bonchev–Trinajstić information content (AvgIpc) is 3.15. The first kappa shape index (κ1) is 22.7. The molecule has 2 unspecified atom stereocenters. The van der Waals surface area contributed by atoms with Gasteiger partial charge in [-0.05, 0) is 74.4 Å². The summed E-state index contributed by atoms with van der Waals surface area (Å²) in [5, 5.41) is 11.2. The van der Waals surface area contributed by atoms with Crippen molar-refractivity contribution in [1.82, 2.24) is 19.9 Å². The van der Waals surface area contributed by atoms with Gasteiger partial charge in [-0.25, -0.2) is 4.68 Å². The number of carbonyl (C=O) groups is 2. The predicted molar refractivity (Wildman–Crippen MR) is 129 cm³/mol. The van der Waals surface area contributed by atoms with Gasteiger partial charge < -0.3 is 10.2 Å². The molecule has 33 heavy (non-hydrogen) atoms. The van der Waals surface area contributed by atoms with Crippen molar-refractivity contribution in [1.29, 1.82) is 0 Å². The van der Waals surface area contributed by atoms with Gasteiger partial charge in [-0.15, -0.1) is 5.10 Å². The Labute approximate surface area is 194 Å². The number of amides is 2. The topological polar surface area (TPSA) is 80.1 Å². The zero-order valence-electron chi connectivity index (χ0n) is 19.9. The summed E-state index contributed by atoms with van der Waals surface area (Å²) >= 11 is 0. The van der Waals surface area contributed by atoms with E-state index in [1.807, 2.05) is 62.1 Å². The van der Waals surface area contributed by atoms with Crippen LogP contribution in [0.3, 0.4) is 0 Å². The van der Waals surface area contributed by atoms with Gasteiger partial charge in [0.1, 0.15) is 0 Å². The number of anilines is 1. The molecule has 1 N–H and O–H groups in total. The smallest absolute Gasteiger partial charge is 0.278 e. The number of carbonyl (C=O) groups excluding carboxylic acids is 2. The number of likely N-dealkylation sites (tertiary alicyclic amines) is 1. The van der Waals surface area contributed by atoms with Gasteiger partial charge in [0.25, 0.3) is 11.8 Å². The lowest BCUT2D eigenvalue weighted by Crippen LogP contribution is -2.42. The number of nitrogens with one attached hydrogen (secondary N) is 1. The minimum absolute atomic E-state index is 0.00507. The van der Waals surface area contributed by atoms with E-state index in [0.717, 1.165) is 36.3 Å². The molecule has 1 aliphatic rings. The highest BCUT2D eigenvalue weighted by molar-refractivity contribution is 6.05. The van der Waals surface area contributed by atoms with E-state index in [9.17, 15) is 9.59 Å². The van der Waals surface area contributed by atoms with Gasteiger partial charge in [0.05, 0.1) is 11.4 Å². The van der Waals surface area contributed by atoms with Crippen LogP contribution in [0.4, 0.5) is 5.69 Å². The molecular formula is C26H31N5O2. The summed E-state index contributed by atoms with van der Waals surface area (Å²) in [7, 11) is 0. The Morgan fingerprint density at radius 1 is 1.00 bits per heavy atom. The van der Waals surface area contributed by atoms with Gasteiger partial charge in [0.2, 0.25) is 0 Å². The van der Waals surface area contributed by atoms with Crippen LogP contribution < -0.4 is 5.32 Å². The minimum atomic E-state index is -0.348. The maximum Gasteiger partial charge on any atom is 0.278 e. The quantitative estimate of drug-likeness (QED) is 0.638. The number of hydrogen-bond donors (Lipinski definition) is 1. The highest BCUT2D eigenvalue weighted by Gasteiger charge is 2.26. The molecule has 2 amide bonds. The third kappa shape index (κ3) is 4.82. The maximum absolute atomic E-state index is 13.1. The van der Waals surface area contributed by atoms with E-state index in [2.05, 4.69) is 29.5 Å². The molecule has 0 saturated carbocycles. The molecular weight excluding hydrogens is 414 g/mol. The van der Waals surface area contributed by atoms with Crippen LogP contribution in [-0.4, -0.2) is 44.8 Å². The Hall–Kier alpha value is -3.48. The molecule has 1 fully saturated rings. The van der Waals surface area contributed by atoms with E-state index in [-0.39, 0.29) is 17.5 Å². The molecule has 1 aliphatic heterocycles. The van der Waals surface area contributed by atoms with Crippen molar-refractivity contribution in [3.63, 3.8) is 0 Å². The Morgan fingerprint density at radius 3 is 2.42 bits per heavy atom. The Balaban J connectivity index is 1.55. The second-order valence-electron chi connectivity index (χ2n) is 9.41. The zero-order valence-corrected chi connectivity index (χ0v) is 19.9. The lowest BCUT2D eigenvalue weighted by molar-refractivity contribution is 0.0623. The summed E-state index contributed by atoms with van der Waals surface area (Å²) in [6.45, 7) is 11.6. The number of aromatic nitrogens is 3. The molecule has 7 nitrogen and oxygen atoms in total. The van der Waals surface area contributed by atoms with Crippen molar-refractivity contribution in [3.8, 4) is 5.69 Å². The molecule has 0 bridgehead atoms. The molecule has 0 aliphatic carbocycles. The van der Waals surface area contributed by atoms with Crippen LogP contribution >= 0.6 is 0 Å². The van der Waals surface area contributed by atoms with Crippen LogP contribution in [0, 0.1) is 32.6 Å². The summed E-state index contributed by atoms with van der Waals surface area (Å²) in [5.74, 6) is 0.632. The van der Waals surface area contributed by atoms with Crippen molar-refractivity contribution in [2.24, 2.45) is 11.8 Å². The molecule has 1 aromatic heterocycles. The summed E-state index contributed by atoms with van der Waals surface area (Å²) < 4.78 is 1.66. The number of hydrogen-bond acceptors (Lipinski definition) is 4. The van der Waals surface area contributed by atoms with Crippen molar-refractivity contribution < 1.29 is 9.59 Å². The van der Waals surface area contributed by atoms with Gasteiger partial charge in [-0.2, -0.15) is 0 Å². The number of nitrogens with zero attached hydrogens (tertiary/aromatic N) is 4. The van der Waals surface area contributed by atoms with E-state index in [0.29, 0.717) is 28.8 Å². The Kier molecular flexibility index (Phi) is 6.31. The standard InChI is InChI=1S/C26H31N5O2/c1-16-7-6-8-22(12-16)31-20(5)24(28-29-31)25(32)27-23-13-21(10-9-19(23)4)26(33)30-14-17(2)11-18(3)15-30/h6-10,12-13,17-18H,11,14-15H2,1-5H3,(H,27,32).